The van der Waals surface area contributed by atoms with Gasteiger partial charge in [-0.2, -0.15) is 5.10 Å². The molecule has 0 fully saturated rings. The second-order valence-electron chi connectivity index (χ2n) is 4.87. The molecule has 2 rings (SSSR count). The Kier molecular flexibility index (Phi) is 5.53. The number of hydrogen-bond acceptors (Lipinski definition) is 5. The number of aromatic nitrogens is 2. The molecule has 0 spiro atoms. The Hall–Kier alpha value is -2.83. The van der Waals surface area contributed by atoms with Crippen molar-refractivity contribution in [3.05, 3.63) is 42.6 Å². The molecule has 0 saturated carbocycles. The summed E-state index contributed by atoms with van der Waals surface area (Å²) in [7, 11) is 3.88. The first-order valence-corrected chi connectivity index (χ1v) is 6.99. The molecule has 2 amide bonds. The summed E-state index contributed by atoms with van der Waals surface area (Å²) in [6, 6.07) is 11.0. The van der Waals surface area contributed by atoms with E-state index in [9.17, 15) is 4.79 Å². The van der Waals surface area contributed by atoms with Gasteiger partial charge in [0.15, 0.2) is 5.82 Å². The number of para-hydroxylation sites is 1. The minimum atomic E-state index is -0.235. The van der Waals surface area contributed by atoms with Crippen LogP contribution in [0.25, 0.3) is 0 Å². The van der Waals surface area contributed by atoms with Crippen LogP contribution in [0.5, 0.6) is 0 Å². The van der Waals surface area contributed by atoms with E-state index in [4.69, 9.17) is 0 Å². The van der Waals surface area contributed by atoms with Gasteiger partial charge < -0.3 is 20.9 Å². The molecule has 0 aliphatic heterocycles. The van der Waals surface area contributed by atoms with Gasteiger partial charge in [0.2, 0.25) is 0 Å². The van der Waals surface area contributed by atoms with Crippen molar-refractivity contribution in [2.45, 2.75) is 0 Å². The number of benzene rings is 1. The number of rotatable bonds is 6. The Labute approximate surface area is 129 Å². The predicted molar refractivity (Wildman–Crippen MR) is 88.3 cm³/mol. The van der Waals surface area contributed by atoms with Gasteiger partial charge in [-0.05, 0) is 12.1 Å². The van der Waals surface area contributed by atoms with Crippen molar-refractivity contribution in [3.63, 3.8) is 0 Å². The zero-order valence-corrected chi connectivity index (χ0v) is 12.7. The average molecular weight is 300 g/mol. The van der Waals surface area contributed by atoms with Crippen molar-refractivity contribution in [1.82, 2.24) is 15.5 Å². The lowest BCUT2D eigenvalue weighted by Crippen LogP contribution is -2.32. The summed E-state index contributed by atoms with van der Waals surface area (Å²) in [5.74, 6) is 0.677. The van der Waals surface area contributed by atoms with Gasteiger partial charge in [-0.15, -0.1) is 5.10 Å². The van der Waals surface area contributed by atoms with Crippen LogP contribution in [0.2, 0.25) is 0 Å². The highest BCUT2D eigenvalue weighted by molar-refractivity contribution is 5.89. The highest BCUT2D eigenvalue weighted by atomic mass is 16.2. The van der Waals surface area contributed by atoms with Crippen LogP contribution in [0.4, 0.5) is 22.0 Å². The van der Waals surface area contributed by atoms with Crippen molar-refractivity contribution >= 4 is 23.2 Å². The molecule has 0 aliphatic rings. The van der Waals surface area contributed by atoms with E-state index in [2.05, 4.69) is 26.1 Å². The molecule has 116 valence electrons. The fourth-order valence-corrected chi connectivity index (χ4v) is 1.75. The third-order valence-electron chi connectivity index (χ3n) is 2.90. The van der Waals surface area contributed by atoms with Crippen LogP contribution >= 0.6 is 0 Å². The first-order valence-electron chi connectivity index (χ1n) is 6.99. The van der Waals surface area contributed by atoms with Gasteiger partial charge in [-0.1, -0.05) is 18.2 Å². The average Bonchev–Trinajstić information content (AvgIpc) is 2.53. The summed E-state index contributed by atoms with van der Waals surface area (Å²) in [5, 5.41) is 16.5. The molecule has 1 aromatic carbocycles. The fourth-order valence-electron chi connectivity index (χ4n) is 1.75. The summed E-state index contributed by atoms with van der Waals surface area (Å²) in [4.78, 5) is 13.6. The van der Waals surface area contributed by atoms with E-state index in [1.807, 2.05) is 55.4 Å². The lowest BCUT2D eigenvalue weighted by atomic mass is 10.3. The zero-order chi connectivity index (χ0) is 15.8. The van der Waals surface area contributed by atoms with Crippen molar-refractivity contribution in [3.8, 4) is 0 Å². The molecule has 0 unspecified atom stereocenters. The monoisotopic (exact) mass is 300 g/mol. The summed E-state index contributed by atoms with van der Waals surface area (Å²) >= 11 is 0. The number of nitrogens with one attached hydrogen (secondary N) is 3. The summed E-state index contributed by atoms with van der Waals surface area (Å²) in [6.45, 7) is 1.04. The molecule has 0 aliphatic carbocycles. The molecule has 22 heavy (non-hydrogen) atoms. The van der Waals surface area contributed by atoms with Crippen LogP contribution < -0.4 is 20.9 Å². The normalized spacial score (nSPS) is 9.91. The minimum absolute atomic E-state index is 0.235. The summed E-state index contributed by atoms with van der Waals surface area (Å²) in [6.07, 6.45) is 1.69. The van der Waals surface area contributed by atoms with Crippen LogP contribution in [0.15, 0.2) is 42.6 Å². The molecule has 0 radical (unpaired) electrons. The molecule has 0 saturated heterocycles. The maximum absolute atomic E-state index is 11.7. The molecule has 7 nitrogen and oxygen atoms in total. The first-order chi connectivity index (χ1) is 10.6. The number of carbonyl (C=O) groups excluding carboxylic acids is 1. The number of nitrogens with zero attached hydrogens (tertiary/aromatic N) is 3. The molecule has 0 atom stereocenters. The molecule has 1 heterocycles. The van der Waals surface area contributed by atoms with Gasteiger partial charge in [0.05, 0.1) is 11.9 Å². The van der Waals surface area contributed by atoms with Crippen molar-refractivity contribution < 1.29 is 4.79 Å². The van der Waals surface area contributed by atoms with Crippen molar-refractivity contribution in [2.24, 2.45) is 0 Å². The Balaban J connectivity index is 1.71. The van der Waals surface area contributed by atoms with Crippen LogP contribution in [0.1, 0.15) is 0 Å². The molecule has 7 heteroatoms. The van der Waals surface area contributed by atoms with E-state index < -0.39 is 0 Å². The van der Waals surface area contributed by atoms with Crippen LogP contribution in [0, 0.1) is 0 Å². The smallest absolute Gasteiger partial charge is 0.319 e. The van der Waals surface area contributed by atoms with Gasteiger partial charge in [-0.3, -0.25) is 0 Å². The van der Waals surface area contributed by atoms with Gasteiger partial charge in [0.25, 0.3) is 0 Å². The number of hydrogen-bond donors (Lipinski definition) is 3. The highest BCUT2D eigenvalue weighted by Gasteiger charge is 2.02. The molecule has 3 N–H and O–H groups in total. The van der Waals surface area contributed by atoms with Crippen molar-refractivity contribution in [2.75, 3.05) is 42.7 Å². The molecule has 2 aromatic rings. The van der Waals surface area contributed by atoms with Crippen molar-refractivity contribution in [1.29, 1.82) is 0 Å². The van der Waals surface area contributed by atoms with Crippen LogP contribution in [-0.4, -0.2) is 43.4 Å². The van der Waals surface area contributed by atoms with E-state index in [-0.39, 0.29) is 6.03 Å². The number of anilines is 3. The zero-order valence-electron chi connectivity index (χ0n) is 12.7. The van der Waals surface area contributed by atoms with E-state index >= 15 is 0 Å². The lowest BCUT2D eigenvalue weighted by molar-refractivity contribution is 0.252. The van der Waals surface area contributed by atoms with Gasteiger partial charge in [0, 0.05) is 38.9 Å². The second-order valence-corrected chi connectivity index (χ2v) is 4.87. The van der Waals surface area contributed by atoms with Gasteiger partial charge in [0.1, 0.15) is 0 Å². The molecule has 0 bridgehead atoms. The van der Waals surface area contributed by atoms with Crippen LogP contribution in [-0.2, 0) is 0 Å². The molecular formula is C15H20N6O. The highest BCUT2D eigenvalue weighted by Crippen LogP contribution is 2.12. The number of amides is 2. The maximum Gasteiger partial charge on any atom is 0.319 e. The predicted octanol–water partition coefficient (Wildman–Crippen LogP) is 1.78. The maximum atomic E-state index is 11.7. The Bertz CT molecular complexity index is 602. The Morgan fingerprint density at radius 1 is 1.18 bits per heavy atom. The van der Waals surface area contributed by atoms with Gasteiger partial charge >= 0.3 is 6.03 Å². The van der Waals surface area contributed by atoms with Crippen LogP contribution in [0.3, 0.4) is 0 Å². The van der Waals surface area contributed by atoms with E-state index in [0.717, 1.165) is 11.4 Å². The van der Waals surface area contributed by atoms with Gasteiger partial charge in [-0.25, -0.2) is 4.79 Å². The quantitative estimate of drug-likeness (QED) is 0.708. The number of urea groups is 1. The molecule has 1 aromatic heterocycles. The topological polar surface area (TPSA) is 82.2 Å². The first kappa shape index (κ1) is 15.6. The summed E-state index contributed by atoms with van der Waals surface area (Å²) in [5.41, 5.74) is 1.73. The molecular weight excluding hydrogens is 280 g/mol. The third kappa shape index (κ3) is 4.93. The number of carbonyl (C=O) groups is 1. The lowest BCUT2D eigenvalue weighted by Gasteiger charge is -2.13. The Morgan fingerprint density at radius 2 is 1.95 bits per heavy atom. The largest absolute Gasteiger partial charge is 0.376 e. The third-order valence-corrected chi connectivity index (χ3v) is 2.90. The van der Waals surface area contributed by atoms with E-state index in [1.54, 1.807) is 6.20 Å². The SMILES string of the molecule is CN(C)c1cnnc(NCCNC(=O)Nc2ccccc2)c1. The minimum Gasteiger partial charge on any atom is -0.376 e. The Morgan fingerprint density at radius 3 is 2.68 bits per heavy atom. The van der Waals surface area contributed by atoms with E-state index in [0.29, 0.717) is 18.9 Å². The standard InChI is InChI=1S/C15H20N6O/c1-21(2)13-10-14(20-18-11-13)16-8-9-17-15(22)19-12-6-4-3-5-7-12/h3-7,10-11H,8-9H2,1-2H3,(H,16,20)(H2,17,19,22). The van der Waals surface area contributed by atoms with E-state index in [1.165, 1.54) is 0 Å². The fraction of sp³-hybridized carbons (Fsp3) is 0.267. The second kappa shape index (κ2) is 7.82. The summed E-state index contributed by atoms with van der Waals surface area (Å²) < 4.78 is 0.